The molecule has 0 bridgehead atoms. The summed E-state index contributed by atoms with van der Waals surface area (Å²) >= 11 is 0. The zero-order chi connectivity index (χ0) is 59.3. The van der Waals surface area contributed by atoms with Crippen molar-refractivity contribution in [2.45, 2.75) is 78.6 Å². The minimum absolute atomic E-state index is 1.16. The molecule has 0 aliphatic rings. The molecule has 0 aliphatic carbocycles. The van der Waals surface area contributed by atoms with Crippen LogP contribution in [-0.4, -0.2) is 41.1 Å². The van der Waals surface area contributed by atoms with E-state index in [1.54, 1.807) is 0 Å². The summed E-state index contributed by atoms with van der Waals surface area (Å²) in [6.07, 6.45) is 0. The van der Waals surface area contributed by atoms with E-state index >= 15 is 0 Å². The van der Waals surface area contributed by atoms with E-state index in [4.69, 9.17) is 0 Å². The second-order valence-electron chi connectivity index (χ2n) is 28.3. The third-order valence-corrected chi connectivity index (χ3v) is 26.8. The molecule has 4 aromatic heterocycles. The highest BCUT2D eigenvalue weighted by molar-refractivity contribution is 6.90. The van der Waals surface area contributed by atoms with E-state index in [9.17, 15) is 0 Å². The third kappa shape index (κ3) is 8.54. The standard InChI is InChI=1S/C78H74N4Si4/c1-83(2,3)55-35-31-53(32-36-55)79(69-43-39-57(85(7,8)9)47-63(69)51-23-15-13-16-24-51)71-45-41-59-65-49-74-66(50-73(65)81-67-29-21-19-27-61(67)75(71)77(59)81)60-42-46-72(76-62-28-20-22-30-68(62)82(74)78(60)76)80(54-33-37-56(38-34-54)84(4,5)6)70-44-40-58(86(10,11)12)48-64(70)52-25-17-14-18-26-52/h13-50H,1-12H3. The zero-order valence-electron chi connectivity index (χ0n) is 51.7. The first kappa shape index (κ1) is 54.2. The van der Waals surface area contributed by atoms with Crippen molar-refractivity contribution in [3.8, 4) is 22.3 Å². The van der Waals surface area contributed by atoms with E-state index in [-0.39, 0.29) is 0 Å². The van der Waals surface area contributed by atoms with Gasteiger partial charge in [-0.1, -0.05) is 257 Å². The number of para-hydroxylation sites is 2. The Kier molecular flexibility index (Phi) is 12.3. The zero-order valence-corrected chi connectivity index (χ0v) is 55.7. The van der Waals surface area contributed by atoms with E-state index in [0.29, 0.717) is 0 Å². The topological polar surface area (TPSA) is 15.3 Å². The Morgan fingerprint density at radius 3 is 0.942 bits per heavy atom. The fourth-order valence-corrected chi connectivity index (χ4v) is 18.6. The number of anilines is 6. The molecule has 0 radical (unpaired) electrons. The second-order valence-corrected chi connectivity index (χ2v) is 48.6. The lowest BCUT2D eigenvalue weighted by molar-refractivity contribution is 1.30. The molecule has 4 nitrogen and oxygen atoms in total. The first-order valence-electron chi connectivity index (χ1n) is 30.8. The fraction of sp³-hybridized carbons (Fsp3) is 0.154. The molecule has 15 aromatic rings. The smallest absolute Gasteiger partial charge is 0.0776 e. The molecule has 422 valence electrons. The van der Waals surface area contributed by atoms with Crippen LogP contribution < -0.4 is 30.5 Å². The van der Waals surface area contributed by atoms with E-state index in [1.165, 1.54) is 142 Å². The molecule has 0 fully saturated rings. The maximum atomic E-state index is 2.59. The lowest BCUT2D eigenvalue weighted by Gasteiger charge is -2.30. The average Bonchev–Trinajstić information content (AvgIpc) is 1.55. The van der Waals surface area contributed by atoms with Crippen molar-refractivity contribution in [2.24, 2.45) is 0 Å². The Balaban J connectivity index is 1.00. The van der Waals surface area contributed by atoms with Gasteiger partial charge < -0.3 is 18.6 Å². The van der Waals surface area contributed by atoms with Gasteiger partial charge in [-0.05, 0) is 83.9 Å². The monoisotopic (exact) mass is 1180 g/mol. The van der Waals surface area contributed by atoms with Crippen LogP contribution in [0.3, 0.4) is 0 Å². The number of nitrogens with zero attached hydrogens (tertiary/aromatic N) is 4. The van der Waals surface area contributed by atoms with Gasteiger partial charge in [-0.15, -0.1) is 0 Å². The van der Waals surface area contributed by atoms with Crippen LogP contribution in [0.2, 0.25) is 78.6 Å². The Labute approximate surface area is 509 Å². The summed E-state index contributed by atoms with van der Waals surface area (Å²) in [5.41, 5.74) is 19.4. The van der Waals surface area contributed by atoms with Gasteiger partial charge >= 0.3 is 0 Å². The highest BCUT2D eigenvalue weighted by atomic mass is 28.3. The van der Waals surface area contributed by atoms with Gasteiger partial charge in [-0.25, -0.2) is 0 Å². The molecule has 0 unspecified atom stereocenters. The predicted molar refractivity (Wildman–Crippen MR) is 388 cm³/mol. The number of rotatable bonds is 12. The highest BCUT2D eigenvalue weighted by Crippen LogP contribution is 2.53. The molecule has 8 heteroatoms. The third-order valence-electron chi connectivity index (χ3n) is 18.6. The molecular formula is C78H74N4Si4. The largest absolute Gasteiger partial charge is 0.309 e. The van der Waals surface area contributed by atoms with E-state index in [2.05, 4.69) is 328 Å². The summed E-state index contributed by atoms with van der Waals surface area (Å²) in [5, 5.41) is 15.9. The molecule has 11 aromatic carbocycles. The molecule has 0 saturated carbocycles. The number of hydrogen-bond donors (Lipinski definition) is 0. The molecular weight excluding hydrogens is 1110 g/mol. The van der Waals surface area contributed by atoms with Gasteiger partial charge in [-0.2, -0.15) is 0 Å². The van der Waals surface area contributed by atoms with Crippen molar-refractivity contribution in [1.29, 1.82) is 0 Å². The maximum absolute atomic E-state index is 2.59. The van der Waals surface area contributed by atoms with Crippen LogP contribution in [0.1, 0.15) is 0 Å². The normalized spacial score (nSPS) is 12.9. The molecule has 0 atom stereocenters. The van der Waals surface area contributed by atoms with E-state index in [1.807, 2.05) is 0 Å². The van der Waals surface area contributed by atoms with Crippen LogP contribution in [0.25, 0.3) is 98.4 Å². The van der Waals surface area contributed by atoms with Crippen molar-refractivity contribution in [3.63, 3.8) is 0 Å². The van der Waals surface area contributed by atoms with Crippen LogP contribution >= 0.6 is 0 Å². The van der Waals surface area contributed by atoms with Gasteiger partial charge in [0.15, 0.2) is 0 Å². The van der Waals surface area contributed by atoms with Crippen LogP contribution in [0.15, 0.2) is 231 Å². The van der Waals surface area contributed by atoms with E-state index in [0.717, 1.165) is 11.4 Å². The molecule has 15 rings (SSSR count). The first-order valence-corrected chi connectivity index (χ1v) is 44.8. The molecule has 0 N–H and O–H groups in total. The van der Waals surface area contributed by atoms with Crippen LogP contribution in [-0.2, 0) is 0 Å². The Hall–Kier alpha value is -8.51. The van der Waals surface area contributed by atoms with Crippen LogP contribution in [0.5, 0.6) is 0 Å². The highest BCUT2D eigenvalue weighted by Gasteiger charge is 2.31. The summed E-state index contributed by atoms with van der Waals surface area (Å²) in [4.78, 5) is 5.15. The number of hydrogen-bond acceptors (Lipinski definition) is 2. The van der Waals surface area contributed by atoms with Gasteiger partial charge in [0.2, 0.25) is 0 Å². The van der Waals surface area contributed by atoms with Gasteiger partial charge in [0, 0.05) is 65.6 Å². The second kappa shape index (κ2) is 19.5. The summed E-state index contributed by atoms with van der Waals surface area (Å²) in [7, 11) is -6.57. The van der Waals surface area contributed by atoms with Gasteiger partial charge in [0.25, 0.3) is 0 Å². The van der Waals surface area contributed by atoms with Gasteiger partial charge in [0.05, 0.1) is 88.1 Å². The summed E-state index contributed by atoms with van der Waals surface area (Å²) < 4.78 is 5.19. The molecule has 0 amide bonds. The number of aromatic nitrogens is 2. The van der Waals surface area contributed by atoms with Crippen LogP contribution in [0, 0.1) is 0 Å². The fourth-order valence-electron chi connectivity index (χ4n) is 14.0. The van der Waals surface area contributed by atoms with E-state index < -0.39 is 32.3 Å². The lowest BCUT2D eigenvalue weighted by atomic mass is 9.99. The predicted octanol–water partition coefficient (Wildman–Crippen LogP) is 20.4. The van der Waals surface area contributed by atoms with Crippen LogP contribution in [0.4, 0.5) is 34.1 Å². The van der Waals surface area contributed by atoms with Gasteiger partial charge in [-0.3, -0.25) is 0 Å². The Bertz CT molecular complexity index is 4810. The first-order chi connectivity index (χ1) is 41.2. The average molecular weight is 1180 g/mol. The van der Waals surface area contributed by atoms with Crippen molar-refractivity contribution >= 4 is 163 Å². The summed E-state index contributed by atoms with van der Waals surface area (Å²) in [5.74, 6) is 0. The molecule has 0 saturated heterocycles. The van der Waals surface area contributed by atoms with Crippen molar-refractivity contribution in [1.82, 2.24) is 8.80 Å². The van der Waals surface area contributed by atoms with Gasteiger partial charge in [0.1, 0.15) is 0 Å². The molecule has 86 heavy (non-hydrogen) atoms. The number of fused-ring (bicyclic) bond motifs is 12. The van der Waals surface area contributed by atoms with Crippen molar-refractivity contribution in [3.05, 3.63) is 231 Å². The summed E-state index contributed by atoms with van der Waals surface area (Å²) in [6.45, 7) is 29.4. The van der Waals surface area contributed by atoms with Crippen molar-refractivity contribution < 1.29 is 0 Å². The Morgan fingerprint density at radius 1 is 0.256 bits per heavy atom. The summed E-state index contributed by atoms with van der Waals surface area (Å²) in [6, 6.07) is 89.0. The molecule has 0 spiro atoms. The Morgan fingerprint density at radius 2 is 0.581 bits per heavy atom. The molecule has 4 heterocycles. The lowest BCUT2D eigenvalue weighted by Crippen LogP contribution is -2.37. The van der Waals surface area contributed by atoms with Crippen molar-refractivity contribution in [2.75, 3.05) is 9.80 Å². The SMILES string of the molecule is C[Si](C)(C)c1ccc(N(c2ccc([Si](C)(C)C)cc2-c2ccccc2)c2ccc3c4cc5c(cc4n4c6ccccc6c2c34)c2ccc(N(c3ccc([Si](C)(C)C)cc3)c3ccc([Si](C)(C)C)cc3-c3ccccc3)c3c4ccccc4n5c23)cc1. The minimum atomic E-state index is -1.69. The maximum Gasteiger partial charge on any atom is 0.0776 e. The minimum Gasteiger partial charge on any atom is -0.309 e. The quantitative estimate of drug-likeness (QED) is 0.113. The number of benzene rings is 11. The molecule has 0 aliphatic heterocycles.